The molecule has 0 radical (unpaired) electrons. The Morgan fingerprint density at radius 1 is 1.78 bits per heavy atom. The Labute approximate surface area is 53.3 Å². The summed E-state index contributed by atoms with van der Waals surface area (Å²) in [6, 6.07) is 1.77. The van der Waals surface area contributed by atoms with E-state index in [0.29, 0.717) is 0 Å². The maximum Gasteiger partial charge on any atom is 0.189 e. The number of aromatic nitrogens is 2. The first-order chi connectivity index (χ1) is 4.22. The highest BCUT2D eigenvalue weighted by atomic mass is 19.1. The predicted octanol–water partition coefficient (Wildman–Crippen LogP) is 1.68. The van der Waals surface area contributed by atoms with Crippen LogP contribution in [0.3, 0.4) is 0 Å². The molecule has 1 unspecified atom stereocenters. The van der Waals surface area contributed by atoms with Crippen LogP contribution in [0.25, 0.3) is 0 Å². The summed E-state index contributed by atoms with van der Waals surface area (Å²) in [5.74, 6) is 0. The summed E-state index contributed by atoms with van der Waals surface area (Å²) in [6.45, 7) is 3.28. The van der Waals surface area contributed by atoms with Crippen molar-refractivity contribution in [3.8, 4) is 0 Å². The second-order valence-electron chi connectivity index (χ2n) is 1.99. The van der Waals surface area contributed by atoms with Gasteiger partial charge >= 0.3 is 0 Å². The quantitative estimate of drug-likeness (QED) is 0.562. The average Bonchev–Trinajstić information content (AvgIpc) is 2.13. The lowest BCUT2D eigenvalue weighted by atomic mass is 10.5. The highest BCUT2D eigenvalue weighted by Crippen LogP contribution is 2.07. The molecule has 2 nitrogen and oxygen atoms in total. The SMILES string of the molecule is Cc1ccnn1C(C)F. The lowest BCUT2D eigenvalue weighted by molar-refractivity contribution is 0.241. The minimum Gasteiger partial charge on any atom is -0.237 e. The van der Waals surface area contributed by atoms with E-state index in [0.717, 1.165) is 5.69 Å². The number of hydrogen-bond donors (Lipinski definition) is 0. The van der Waals surface area contributed by atoms with Gasteiger partial charge in [0.25, 0.3) is 0 Å². The van der Waals surface area contributed by atoms with Crippen molar-refractivity contribution in [2.45, 2.75) is 20.1 Å². The van der Waals surface area contributed by atoms with Crippen molar-refractivity contribution in [1.29, 1.82) is 0 Å². The van der Waals surface area contributed by atoms with Crippen molar-refractivity contribution in [3.63, 3.8) is 0 Å². The van der Waals surface area contributed by atoms with Crippen LogP contribution >= 0.6 is 0 Å². The van der Waals surface area contributed by atoms with E-state index in [1.807, 2.05) is 6.92 Å². The summed E-state index contributed by atoms with van der Waals surface area (Å²) in [7, 11) is 0. The molecule has 0 fully saturated rings. The van der Waals surface area contributed by atoms with Crippen LogP contribution in [0.5, 0.6) is 0 Å². The van der Waals surface area contributed by atoms with Crippen LogP contribution in [-0.2, 0) is 0 Å². The Morgan fingerprint density at radius 2 is 2.44 bits per heavy atom. The van der Waals surface area contributed by atoms with Gasteiger partial charge in [-0.2, -0.15) is 5.10 Å². The van der Waals surface area contributed by atoms with Gasteiger partial charge in [0.1, 0.15) is 0 Å². The molecule has 0 spiro atoms. The van der Waals surface area contributed by atoms with E-state index < -0.39 is 6.30 Å². The maximum absolute atomic E-state index is 12.4. The molecule has 50 valence electrons. The maximum atomic E-state index is 12.4. The van der Waals surface area contributed by atoms with Gasteiger partial charge in [-0.3, -0.25) is 0 Å². The fourth-order valence-corrected chi connectivity index (χ4v) is 0.753. The van der Waals surface area contributed by atoms with E-state index in [1.165, 1.54) is 11.6 Å². The second kappa shape index (κ2) is 2.17. The van der Waals surface area contributed by atoms with Crippen LogP contribution in [0.2, 0.25) is 0 Å². The topological polar surface area (TPSA) is 17.8 Å². The molecule has 9 heavy (non-hydrogen) atoms. The number of halogens is 1. The van der Waals surface area contributed by atoms with E-state index in [1.54, 1.807) is 12.3 Å². The summed E-state index contributed by atoms with van der Waals surface area (Å²) >= 11 is 0. The standard InChI is InChI=1S/C6H9FN2/c1-5-3-4-8-9(5)6(2)7/h3-4,6H,1-2H3. The van der Waals surface area contributed by atoms with Crippen molar-refractivity contribution in [2.75, 3.05) is 0 Å². The largest absolute Gasteiger partial charge is 0.237 e. The zero-order valence-electron chi connectivity index (χ0n) is 5.50. The molecule has 0 N–H and O–H groups in total. The zero-order valence-corrected chi connectivity index (χ0v) is 5.50. The van der Waals surface area contributed by atoms with Crippen molar-refractivity contribution in [1.82, 2.24) is 9.78 Å². The fourth-order valence-electron chi connectivity index (χ4n) is 0.753. The zero-order chi connectivity index (χ0) is 6.85. The Kier molecular flexibility index (Phi) is 1.51. The molecular weight excluding hydrogens is 119 g/mol. The van der Waals surface area contributed by atoms with Crippen molar-refractivity contribution in [3.05, 3.63) is 18.0 Å². The van der Waals surface area contributed by atoms with Crippen LogP contribution in [0.15, 0.2) is 12.3 Å². The van der Waals surface area contributed by atoms with Crippen LogP contribution in [-0.4, -0.2) is 9.78 Å². The molecular formula is C6H9FN2. The van der Waals surface area contributed by atoms with E-state index in [4.69, 9.17) is 0 Å². The van der Waals surface area contributed by atoms with Gasteiger partial charge < -0.3 is 0 Å². The number of rotatable bonds is 1. The number of nitrogens with zero attached hydrogens (tertiary/aromatic N) is 2. The third-order valence-corrected chi connectivity index (χ3v) is 1.21. The van der Waals surface area contributed by atoms with Crippen molar-refractivity contribution < 1.29 is 4.39 Å². The number of alkyl halides is 1. The van der Waals surface area contributed by atoms with Crippen LogP contribution in [0.4, 0.5) is 4.39 Å². The molecule has 0 aliphatic heterocycles. The Balaban J connectivity index is 2.94. The molecule has 1 aromatic rings. The average molecular weight is 128 g/mol. The summed E-state index contributed by atoms with van der Waals surface area (Å²) in [4.78, 5) is 0. The third kappa shape index (κ3) is 1.09. The lowest BCUT2D eigenvalue weighted by Crippen LogP contribution is -2.02. The summed E-state index contributed by atoms with van der Waals surface area (Å²) in [5, 5.41) is 3.76. The van der Waals surface area contributed by atoms with Gasteiger partial charge in [-0.15, -0.1) is 0 Å². The lowest BCUT2D eigenvalue weighted by Gasteiger charge is -2.02. The molecule has 0 saturated carbocycles. The van der Waals surface area contributed by atoms with E-state index in [2.05, 4.69) is 5.10 Å². The first kappa shape index (κ1) is 6.26. The van der Waals surface area contributed by atoms with E-state index >= 15 is 0 Å². The molecule has 0 bridgehead atoms. The second-order valence-corrected chi connectivity index (χ2v) is 1.99. The summed E-state index contributed by atoms with van der Waals surface area (Å²) in [6.07, 6.45) is 0.575. The number of hydrogen-bond acceptors (Lipinski definition) is 1. The van der Waals surface area contributed by atoms with Gasteiger partial charge in [0.05, 0.1) is 0 Å². The highest BCUT2D eigenvalue weighted by Gasteiger charge is 2.02. The van der Waals surface area contributed by atoms with Gasteiger partial charge in [-0.05, 0) is 19.9 Å². The molecule has 0 saturated heterocycles. The molecule has 0 amide bonds. The van der Waals surface area contributed by atoms with Gasteiger partial charge in [-0.1, -0.05) is 0 Å². The van der Waals surface area contributed by atoms with Gasteiger partial charge in [0, 0.05) is 11.9 Å². The highest BCUT2D eigenvalue weighted by molar-refractivity contribution is 4.96. The molecule has 3 heteroatoms. The first-order valence-corrected chi connectivity index (χ1v) is 2.86. The van der Waals surface area contributed by atoms with E-state index in [9.17, 15) is 4.39 Å². The molecule has 0 aliphatic carbocycles. The smallest absolute Gasteiger partial charge is 0.189 e. The molecule has 1 aromatic heterocycles. The normalized spacial score (nSPS) is 13.7. The number of aryl methyl sites for hydroxylation is 1. The first-order valence-electron chi connectivity index (χ1n) is 2.86. The Bertz CT molecular complexity index is 193. The van der Waals surface area contributed by atoms with Gasteiger partial charge in [-0.25, -0.2) is 9.07 Å². The Hall–Kier alpha value is -0.860. The Morgan fingerprint density at radius 3 is 2.67 bits per heavy atom. The van der Waals surface area contributed by atoms with E-state index in [-0.39, 0.29) is 0 Å². The predicted molar refractivity (Wildman–Crippen MR) is 32.8 cm³/mol. The van der Waals surface area contributed by atoms with Gasteiger partial charge in [0.2, 0.25) is 0 Å². The van der Waals surface area contributed by atoms with Crippen molar-refractivity contribution in [2.24, 2.45) is 0 Å². The fraction of sp³-hybridized carbons (Fsp3) is 0.500. The van der Waals surface area contributed by atoms with Crippen LogP contribution in [0.1, 0.15) is 18.9 Å². The van der Waals surface area contributed by atoms with Crippen LogP contribution < -0.4 is 0 Å². The molecule has 1 atom stereocenters. The van der Waals surface area contributed by atoms with Crippen molar-refractivity contribution >= 4 is 0 Å². The van der Waals surface area contributed by atoms with Crippen LogP contribution in [0, 0.1) is 6.92 Å². The third-order valence-electron chi connectivity index (χ3n) is 1.21. The minimum absolute atomic E-state index is 0.852. The molecule has 1 rings (SSSR count). The van der Waals surface area contributed by atoms with Gasteiger partial charge in [0.15, 0.2) is 6.30 Å². The summed E-state index contributed by atoms with van der Waals surface area (Å²) in [5.41, 5.74) is 0.852. The molecule has 0 aromatic carbocycles. The summed E-state index contributed by atoms with van der Waals surface area (Å²) < 4.78 is 13.8. The molecule has 1 heterocycles. The monoisotopic (exact) mass is 128 g/mol. The minimum atomic E-state index is -1.01. The molecule has 0 aliphatic rings.